The zero-order chi connectivity index (χ0) is 20.6. The molecule has 0 aliphatic heterocycles. The van der Waals surface area contributed by atoms with Crippen LogP contribution in [0.15, 0.2) is 64.9 Å². The first-order valence-corrected chi connectivity index (χ1v) is 12.3. The van der Waals surface area contributed by atoms with E-state index in [1.807, 2.05) is 18.5 Å². The number of hydrogen-bond donors (Lipinski definition) is 1. The van der Waals surface area contributed by atoms with Crippen LogP contribution < -0.4 is 5.32 Å². The highest BCUT2D eigenvalue weighted by Crippen LogP contribution is 2.44. The van der Waals surface area contributed by atoms with Gasteiger partial charge in [-0.1, -0.05) is 24.3 Å². The van der Waals surface area contributed by atoms with Crippen molar-refractivity contribution >= 4 is 37.6 Å². The zero-order valence-corrected chi connectivity index (χ0v) is 18.1. The average Bonchev–Trinajstić information content (AvgIpc) is 3.35. The summed E-state index contributed by atoms with van der Waals surface area (Å²) in [5, 5.41) is 5.86. The van der Waals surface area contributed by atoms with E-state index in [9.17, 15) is 12.8 Å². The number of hydrogen-bond acceptors (Lipinski definition) is 6. The first kappa shape index (κ1) is 19.8. The molecular formula is C21H17FN2O2S3. The molecule has 0 unspecified atom stereocenters. The van der Waals surface area contributed by atoms with Gasteiger partial charge in [-0.3, -0.25) is 0 Å². The smallest absolute Gasteiger partial charge is 0.182 e. The second kappa shape index (κ2) is 7.70. The standard InChI is InChI=1S/C21H17FN2O2S3/c1-23-21-24-18(12-27-21)19-11-17(13-5-9-16(10-6-13)29(2,25)26)20(28-19)14-3-7-15(22)8-4-14/h3-12H,1-2H3,(H,23,24). The van der Waals surface area contributed by atoms with Crippen molar-refractivity contribution in [1.82, 2.24) is 4.98 Å². The second-order valence-corrected chi connectivity index (χ2v) is 10.4. The van der Waals surface area contributed by atoms with E-state index in [0.717, 1.165) is 37.3 Å². The number of anilines is 1. The van der Waals surface area contributed by atoms with Crippen LogP contribution in [-0.2, 0) is 9.84 Å². The summed E-state index contributed by atoms with van der Waals surface area (Å²) >= 11 is 3.10. The summed E-state index contributed by atoms with van der Waals surface area (Å²) in [5.74, 6) is -0.289. The maximum Gasteiger partial charge on any atom is 0.182 e. The molecule has 148 valence electrons. The number of halogens is 1. The lowest BCUT2D eigenvalue weighted by Gasteiger charge is -2.06. The Morgan fingerprint density at radius 2 is 1.66 bits per heavy atom. The third kappa shape index (κ3) is 4.10. The minimum absolute atomic E-state index is 0.276. The van der Waals surface area contributed by atoms with Crippen molar-refractivity contribution in [2.75, 3.05) is 18.6 Å². The second-order valence-electron chi connectivity index (χ2n) is 6.44. The third-order valence-electron chi connectivity index (χ3n) is 4.40. The SMILES string of the molecule is CNc1nc(-c2cc(-c3ccc(S(C)(=O)=O)cc3)c(-c3ccc(F)cc3)s2)cs1. The number of thiophene rings is 1. The summed E-state index contributed by atoms with van der Waals surface area (Å²) in [6.45, 7) is 0. The molecule has 0 bridgehead atoms. The van der Waals surface area contributed by atoms with E-state index in [1.54, 1.807) is 47.7 Å². The van der Waals surface area contributed by atoms with Gasteiger partial charge in [0.1, 0.15) is 5.82 Å². The van der Waals surface area contributed by atoms with Crippen molar-refractivity contribution in [3.05, 3.63) is 65.8 Å². The molecule has 0 saturated carbocycles. The maximum absolute atomic E-state index is 13.4. The van der Waals surface area contributed by atoms with Crippen molar-refractivity contribution in [2.45, 2.75) is 4.90 Å². The third-order valence-corrected chi connectivity index (χ3v) is 7.60. The van der Waals surface area contributed by atoms with Gasteiger partial charge in [0.15, 0.2) is 15.0 Å². The summed E-state index contributed by atoms with van der Waals surface area (Å²) in [7, 11) is -1.43. The summed E-state index contributed by atoms with van der Waals surface area (Å²) < 4.78 is 37.0. The summed E-state index contributed by atoms with van der Waals surface area (Å²) in [6.07, 6.45) is 1.19. The van der Waals surface area contributed by atoms with Crippen LogP contribution in [0.5, 0.6) is 0 Å². The Bertz CT molecular complexity index is 1260. The van der Waals surface area contributed by atoms with E-state index in [2.05, 4.69) is 10.3 Å². The molecule has 0 atom stereocenters. The van der Waals surface area contributed by atoms with Gasteiger partial charge in [-0.05, 0) is 41.5 Å². The van der Waals surface area contributed by atoms with E-state index < -0.39 is 9.84 Å². The van der Waals surface area contributed by atoms with E-state index >= 15 is 0 Å². The Kier molecular flexibility index (Phi) is 5.24. The van der Waals surface area contributed by atoms with Crippen molar-refractivity contribution in [3.8, 4) is 32.1 Å². The minimum atomic E-state index is -3.26. The van der Waals surface area contributed by atoms with Crippen LogP contribution in [0.3, 0.4) is 0 Å². The summed E-state index contributed by atoms with van der Waals surface area (Å²) in [5.41, 5.74) is 3.61. The topological polar surface area (TPSA) is 59.1 Å². The maximum atomic E-state index is 13.4. The van der Waals surface area contributed by atoms with Crippen LogP contribution in [0.2, 0.25) is 0 Å². The Hall–Kier alpha value is -2.55. The minimum Gasteiger partial charge on any atom is -0.365 e. The summed E-state index contributed by atoms with van der Waals surface area (Å²) in [4.78, 5) is 6.82. The number of thiazole rings is 1. The Morgan fingerprint density at radius 3 is 2.24 bits per heavy atom. The van der Waals surface area contributed by atoms with Crippen LogP contribution in [0.4, 0.5) is 9.52 Å². The molecule has 4 nitrogen and oxygen atoms in total. The molecule has 8 heteroatoms. The van der Waals surface area contributed by atoms with Gasteiger partial charge in [0.25, 0.3) is 0 Å². The fraction of sp³-hybridized carbons (Fsp3) is 0.0952. The molecule has 2 aromatic heterocycles. The lowest BCUT2D eigenvalue weighted by Crippen LogP contribution is -1.96. The summed E-state index contributed by atoms with van der Waals surface area (Å²) in [6, 6.07) is 15.2. The first-order chi connectivity index (χ1) is 13.8. The number of sulfone groups is 1. The number of aromatic nitrogens is 1. The fourth-order valence-corrected chi connectivity index (χ4v) is 5.45. The molecule has 4 aromatic rings. The molecule has 29 heavy (non-hydrogen) atoms. The lowest BCUT2D eigenvalue weighted by molar-refractivity contribution is 0.602. The van der Waals surface area contributed by atoms with Gasteiger partial charge in [0.2, 0.25) is 0 Å². The Balaban J connectivity index is 1.85. The molecule has 0 aliphatic carbocycles. The van der Waals surface area contributed by atoms with Crippen LogP contribution in [-0.4, -0.2) is 26.7 Å². The van der Waals surface area contributed by atoms with Gasteiger partial charge >= 0.3 is 0 Å². The van der Waals surface area contributed by atoms with E-state index in [1.165, 1.54) is 29.7 Å². The fourth-order valence-electron chi connectivity index (χ4n) is 2.93. The Labute approximate surface area is 176 Å². The highest BCUT2D eigenvalue weighted by molar-refractivity contribution is 7.90. The zero-order valence-electron chi connectivity index (χ0n) is 15.6. The van der Waals surface area contributed by atoms with E-state index in [0.29, 0.717) is 0 Å². The van der Waals surface area contributed by atoms with E-state index in [-0.39, 0.29) is 10.7 Å². The highest BCUT2D eigenvalue weighted by Gasteiger charge is 2.17. The predicted octanol–water partition coefficient (Wildman–Crippen LogP) is 5.79. The van der Waals surface area contributed by atoms with Crippen LogP contribution in [0.25, 0.3) is 32.1 Å². The number of rotatable bonds is 5. The number of nitrogens with one attached hydrogen (secondary N) is 1. The van der Waals surface area contributed by atoms with Gasteiger partial charge in [-0.15, -0.1) is 22.7 Å². The van der Waals surface area contributed by atoms with Gasteiger partial charge in [0, 0.05) is 29.1 Å². The van der Waals surface area contributed by atoms with Crippen molar-refractivity contribution in [2.24, 2.45) is 0 Å². The van der Waals surface area contributed by atoms with Gasteiger partial charge in [0.05, 0.1) is 15.5 Å². The molecule has 0 spiro atoms. The van der Waals surface area contributed by atoms with Crippen molar-refractivity contribution in [3.63, 3.8) is 0 Å². The molecule has 1 N–H and O–H groups in total. The molecule has 2 heterocycles. The number of benzene rings is 2. The van der Waals surface area contributed by atoms with Crippen LogP contribution in [0, 0.1) is 5.82 Å². The highest BCUT2D eigenvalue weighted by atomic mass is 32.2. The van der Waals surface area contributed by atoms with Gasteiger partial charge < -0.3 is 5.32 Å². The average molecular weight is 445 g/mol. The lowest BCUT2D eigenvalue weighted by atomic mass is 10.0. The quantitative estimate of drug-likeness (QED) is 0.423. The normalized spacial score (nSPS) is 11.6. The van der Waals surface area contributed by atoms with Crippen LogP contribution >= 0.6 is 22.7 Å². The molecule has 2 aromatic carbocycles. The monoisotopic (exact) mass is 444 g/mol. The van der Waals surface area contributed by atoms with E-state index in [4.69, 9.17) is 0 Å². The van der Waals surface area contributed by atoms with Gasteiger partial charge in [-0.25, -0.2) is 17.8 Å². The molecule has 0 fully saturated rings. The first-order valence-electron chi connectivity index (χ1n) is 8.69. The van der Waals surface area contributed by atoms with Gasteiger partial charge in [-0.2, -0.15) is 0 Å². The molecule has 0 amide bonds. The molecule has 0 saturated heterocycles. The van der Waals surface area contributed by atoms with Crippen molar-refractivity contribution in [1.29, 1.82) is 0 Å². The largest absolute Gasteiger partial charge is 0.365 e. The molecule has 0 aliphatic rings. The molecular weight excluding hydrogens is 427 g/mol. The Morgan fingerprint density at radius 1 is 1.00 bits per heavy atom. The molecule has 0 radical (unpaired) electrons. The van der Waals surface area contributed by atoms with Crippen LogP contribution in [0.1, 0.15) is 0 Å². The van der Waals surface area contributed by atoms with Crippen molar-refractivity contribution < 1.29 is 12.8 Å². The molecule has 4 rings (SSSR count). The number of nitrogens with zero attached hydrogens (tertiary/aromatic N) is 1. The predicted molar refractivity (Wildman–Crippen MR) is 119 cm³/mol.